The molecule has 1 heterocycles. The number of para-hydroxylation sites is 1. The van der Waals surface area contributed by atoms with E-state index in [9.17, 15) is 5.11 Å². The zero-order valence-corrected chi connectivity index (χ0v) is 11.4. The van der Waals surface area contributed by atoms with Crippen molar-refractivity contribution in [2.45, 2.75) is 0 Å². The summed E-state index contributed by atoms with van der Waals surface area (Å²) in [5.74, 6) is 0.185. The van der Waals surface area contributed by atoms with E-state index in [1.807, 2.05) is 12.1 Å². The number of methoxy groups -OCH3 is 1. The zero-order chi connectivity index (χ0) is 13.0. The average Bonchev–Trinajstić information content (AvgIpc) is 2.40. The lowest BCUT2D eigenvalue weighted by atomic mass is 10.2. The van der Waals surface area contributed by atoms with Gasteiger partial charge in [-0.3, -0.25) is 4.90 Å². The van der Waals surface area contributed by atoms with Crippen LogP contribution in [0.5, 0.6) is 5.75 Å². The molecule has 1 N–H and O–H groups in total. The first-order valence-electron chi connectivity index (χ1n) is 6.16. The van der Waals surface area contributed by atoms with E-state index in [4.69, 9.17) is 16.3 Å². The maximum Gasteiger partial charge on any atom is 0.157 e. The van der Waals surface area contributed by atoms with Crippen LogP contribution in [0.3, 0.4) is 0 Å². The van der Waals surface area contributed by atoms with E-state index in [1.54, 1.807) is 13.2 Å². The van der Waals surface area contributed by atoms with Crippen molar-refractivity contribution in [2.75, 3.05) is 51.3 Å². The summed E-state index contributed by atoms with van der Waals surface area (Å²) in [4.78, 5) is 4.53. The smallest absolute Gasteiger partial charge is 0.157 e. The highest BCUT2D eigenvalue weighted by atomic mass is 35.5. The summed E-state index contributed by atoms with van der Waals surface area (Å²) in [6.45, 7) is 5.49. The molecule has 1 saturated heterocycles. The van der Waals surface area contributed by atoms with Crippen LogP contribution < -0.4 is 4.90 Å². The van der Waals surface area contributed by atoms with Crippen LogP contribution >= 0.6 is 11.6 Å². The van der Waals surface area contributed by atoms with Crippen molar-refractivity contribution in [3.8, 4) is 5.75 Å². The molecule has 1 aliphatic rings. The Morgan fingerprint density at radius 1 is 1.28 bits per heavy atom. The van der Waals surface area contributed by atoms with Gasteiger partial charge in [0.25, 0.3) is 0 Å². The third kappa shape index (κ3) is 3.07. The molecule has 0 aromatic heterocycles. The second-order valence-electron chi connectivity index (χ2n) is 4.43. The molecule has 1 aromatic rings. The van der Waals surface area contributed by atoms with Crippen LogP contribution in [0.4, 0.5) is 5.69 Å². The average molecular weight is 271 g/mol. The Bertz CT molecular complexity index is 393. The van der Waals surface area contributed by atoms with E-state index in [-0.39, 0.29) is 5.75 Å². The second kappa shape index (κ2) is 6.27. The Labute approximate surface area is 113 Å². The van der Waals surface area contributed by atoms with Gasteiger partial charge in [-0.15, -0.1) is 0 Å². The number of ether oxygens (including phenoxy) is 1. The number of aromatic hydroxyl groups is 1. The number of phenolic OH excluding ortho intramolecular Hbond substituents is 1. The van der Waals surface area contributed by atoms with E-state index >= 15 is 0 Å². The summed E-state index contributed by atoms with van der Waals surface area (Å²) in [6.07, 6.45) is 0. The van der Waals surface area contributed by atoms with Crippen LogP contribution in [0.1, 0.15) is 0 Å². The molecular weight excluding hydrogens is 252 g/mol. The van der Waals surface area contributed by atoms with Crippen molar-refractivity contribution in [1.29, 1.82) is 0 Å². The van der Waals surface area contributed by atoms with Crippen molar-refractivity contribution in [3.05, 3.63) is 23.2 Å². The highest BCUT2D eigenvalue weighted by molar-refractivity contribution is 6.32. The van der Waals surface area contributed by atoms with Gasteiger partial charge in [0.15, 0.2) is 5.75 Å². The molecular formula is C13H19ClN2O2. The third-order valence-electron chi connectivity index (χ3n) is 3.29. The molecule has 100 valence electrons. The molecule has 0 bridgehead atoms. The Hall–Kier alpha value is -0.970. The molecule has 1 aromatic carbocycles. The molecule has 0 spiro atoms. The molecule has 2 rings (SSSR count). The highest BCUT2D eigenvalue weighted by Gasteiger charge is 2.19. The SMILES string of the molecule is COCCN1CCN(c2cccc(Cl)c2O)CC1. The molecule has 0 amide bonds. The van der Waals surface area contributed by atoms with Crippen LogP contribution in [0.25, 0.3) is 0 Å². The lowest BCUT2D eigenvalue weighted by Crippen LogP contribution is -2.47. The monoisotopic (exact) mass is 270 g/mol. The van der Waals surface area contributed by atoms with Gasteiger partial charge in [0.05, 0.1) is 17.3 Å². The molecule has 1 fully saturated rings. The largest absolute Gasteiger partial charge is 0.504 e. The fourth-order valence-corrected chi connectivity index (χ4v) is 2.36. The van der Waals surface area contributed by atoms with Gasteiger partial charge in [-0.05, 0) is 12.1 Å². The Balaban J connectivity index is 1.95. The van der Waals surface area contributed by atoms with Crippen molar-refractivity contribution in [1.82, 2.24) is 4.90 Å². The molecule has 0 radical (unpaired) electrons. The zero-order valence-electron chi connectivity index (χ0n) is 10.6. The molecule has 1 aliphatic heterocycles. The van der Waals surface area contributed by atoms with E-state index in [1.165, 1.54) is 0 Å². The van der Waals surface area contributed by atoms with Gasteiger partial charge >= 0.3 is 0 Å². The van der Waals surface area contributed by atoms with E-state index in [0.29, 0.717) is 5.02 Å². The molecule has 0 aliphatic carbocycles. The van der Waals surface area contributed by atoms with Crippen molar-refractivity contribution in [2.24, 2.45) is 0 Å². The minimum absolute atomic E-state index is 0.185. The quantitative estimate of drug-likeness (QED) is 0.905. The van der Waals surface area contributed by atoms with Gasteiger partial charge in [0.2, 0.25) is 0 Å². The first-order chi connectivity index (χ1) is 8.72. The number of anilines is 1. The minimum Gasteiger partial charge on any atom is -0.504 e. The van der Waals surface area contributed by atoms with Crippen LogP contribution in [-0.4, -0.2) is 56.4 Å². The normalized spacial score (nSPS) is 17.1. The summed E-state index contributed by atoms with van der Waals surface area (Å²) in [6, 6.07) is 5.48. The summed E-state index contributed by atoms with van der Waals surface area (Å²) in [5, 5.41) is 10.4. The third-order valence-corrected chi connectivity index (χ3v) is 3.60. The number of hydrogen-bond donors (Lipinski definition) is 1. The molecule has 0 unspecified atom stereocenters. The molecule has 4 nitrogen and oxygen atoms in total. The maximum absolute atomic E-state index is 9.95. The van der Waals surface area contributed by atoms with Crippen LogP contribution in [0.15, 0.2) is 18.2 Å². The summed E-state index contributed by atoms with van der Waals surface area (Å²) in [5.41, 5.74) is 0.828. The predicted molar refractivity (Wildman–Crippen MR) is 73.6 cm³/mol. The number of halogens is 1. The lowest BCUT2D eigenvalue weighted by molar-refractivity contribution is 0.144. The van der Waals surface area contributed by atoms with Gasteiger partial charge in [-0.2, -0.15) is 0 Å². The van der Waals surface area contributed by atoms with Crippen molar-refractivity contribution in [3.63, 3.8) is 0 Å². The Kier molecular flexibility index (Phi) is 4.69. The fraction of sp³-hybridized carbons (Fsp3) is 0.538. The van der Waals surface area contributed by atoms with Gasteiger partial charge in [0.1, 0.15) is 0 Å². The summed E-state index contributed by atoms with van der Waals surface area (Å²) >= 11 is 5.93. The number of rotatable bonds is 4. The van der Waals surface area contributed by atoms with E-state index in [0.717, 1.165) is 45.0 Å². The van der Waals surface area contributed by atoms with Gasteiger partial charge in [-0.1, -0.05) is 17.7 Å². The van der Waals surface area contributed by atoms with Crippen LogP contribution in [0, 0.1) is 0 Å². The number of piperazine rings is 1. The van der Waals surface area contributed by atoms with Crippen LogP contribution in [-0.2, 0) is 4.74 Å². The van der Waals surface area contributed by atoms with E-state index in [2.05, 4.69) is 9.80 Å². The van der Waals surface area contributed by atoms with Crippen LogP contribution in [0.2, 0.25) is 5.02 Å². The van der Waals surface area contributed by atoms with E-state index < -0.39 is 0 Å². The molecule has 18 heavy (non-hydrogen) atoms. The topological polar surface area (TPSA) is 35.9 Å². The Morgan fingerprint density at radius 2 is 2.00 bits per heavy atom. The standard InChI is InChI=1S/C13H19ClN2O2/c1-18-10-9-15-5-7-16(8-6-15)12-4-2-3-11(14)13(12)17/h2-4,17H,5-10H2,1H3. The lowest BCUT2D eigenvalue weighted by Gasteiger charge is -2.36. The van der Waals surface area contributed by atoms with Gasteiger partial charge < -0.3 is 14.7 Å². The fourth-order valence-electron chi connectivity index (χ4n) is 2.19. The number of nitrogens with zero attached hydrogens (tertiary/aromatic N) is 2. The molecule has 5 heteroatoms. The number of benzene rings is 1. The number of hydrogen-bond acceptors (Lipinski definition) is 4. The minimum atomic E-state index is 0.185. The van der Waals surface area contributed by atoms with Crippen molar-refractivity contribution >= 4 is 17.3 Å². The second-order valence-corrected chi connectivity index (χ2v) is 4.84. The highest BCUT2D eigenvalue weighted by Crippen LogP contribution is 2.34. The molecule has 0 atom stereocenters. The first kappa shape index (κ1) is 13.5. The maximum atomic E-state index is 9.95. The van der Waals surface area contributed by atoms with Gasteiger partial charge in [0, 0.05) is 39.8 Å². The summed E-state index contributed by atoms with van der Waals surface area (Å²) < 4.78 is 5.08. The van der Waals surface area contributed by atoms with Gasteiger partial charge in [-0.25, -0.2) is 0 Å². The number of phenols is 1. The first-order valence-corrected chi connectivity index (χ1v) is 6.54. The Morgan fingerprint density at radius 3 is 2.67 bits per heavy atom. The summed E-state index contributed by atoms with van der Waals surface area (Å²) in [7, 11) is 1.72. The predicted octanol–water partition coefficient (Wildman–Crippen LogP) is 1.81. The van der Waals surface area contributed by atoms with Crippen molar-refractivity contribution < 1.29 is 9.84 Å². The molecule has 0 saturated carbocycles.